The zero-order chi connectivity index (χ0) is 34.2. The first-order valence-corrected chi connectivity index (χ1v) is 14.8. The van der Waals surface area contributed by atoms with Gasteiger partial charge in [-0.05, 0) is 13.8 Å². The van der Waals surface area contributed by atoms with Crippen LogP contribution in [0.25, 0.3) is 0 Å². The molecule has 12 N–H and O–H groups in total. The molecule has 0 aromatic heterocycles. The topological polar surface area (TPSA) is 316 Å². The number of hydrogen-bond acceptors (Lipinski definition) is 19. The number of ether oxygens (including phenoxy) is 7. The molecule has 4 heterocycles. The minimum absolute atomic E-state index is 0.670. The fourth-order valence-electron chi connectivity index (χ4n) is 5.79. The van der Waals surface area contributed by atoms with Gasteiger partial charge >= 0.3 is 0 Å². The lowest BCUT2D eigenvalue weighted by molar-refractivity contribution is -0.396. The SMILES string of the molecule is CC(=O)N[C@H]1[C@H](O[C@H]2[C@H](O[C@H]3C(O)O[C@@H](C)[C@H](O)[C@H]3O[C@H]3O[C@H](CO)[C@@H](O)[C@H](O)[C@H]3O)O[C@@H](C)[C@H](O)[C@H]2O)O[C@H](CO)[C@@H](O)[C@@H]1O. The van der Waals surface area contributed by atoms with Gasteiger partial charge in [-0.3, -0.25) is 4.79 Å². The standard InChI is InChI=1S/C26H45NO19/c1-6-12(31)18(37)21(45-24-11(27-8(3)30)16(35)14(33)9(4-28)42-24)26(41-6)46-22-20(13(32)7(2)40-23(22)39)44-25-19(38)17(36)15(34)10(5-29)43-25/h6-7,9-26,28-29,31-39H,4-5H2,1-3H3,(H,27,30)/t6-,7-,9+,10+,11+,12-,13-,14+,15+,16+,17-,18+,19+,20+,21+,22+,23?,24-,25+,26-/m0/s1. The number of aliphatic hydroxyl groups is 11. The normalized spacial score (nSPS) is 51.9. The zero-order valence-corrected chi connectivity index (χ0v) is 25.1. The fraction of sp³-hybridized carbons (Fsp3) is 0.962. The first kappa shape index (κ1) is 37.6. The smallest absolute Gasteiger partial charge is 0.217 e. The second-order valence-electron chi connectivity index (χ2n) is 11.8. The van der Waals surface area contributed by atoms with Crippen LogP contribution in [0.4, 0.5) is 0 Å². The van der Waals surface area contributed by atoms with Gasteiger partial charge in [-0.2, -0.15) is 0 Å². The maximum absolute atomic E-state index is 11.9. The molecule has 4 fully saturated rings. The number of carbonyl (C=O) groups excluding carboxylic acids is 1. The van der Waals surface area contributed by atoms with Crippen molar-refractivity contribution < 1.29 is 94.1 Å². The molecule has 0 aromatic carbocycles. The molecule has 0 saturated carbocycles. The summed E-state index contributed by atoms with van der Waals surface area (Å²) < 4.78 is 39.6. The van der Waals surface area contributed by atoms with Crippen molar-refractivity contribution in [1.29, 1.82) is 0 Å². The van der Waals surface area contributed by atoms with E-state index in [1.165, 1.54) is 13.8 Å². The minimum Gasteiger partial charge on any atom is -0.394 e. The van der Waals surface area contributed by atoms with Crippen molar-refractivity contribution in [3.63, 3.8) is 0 Å². The molecule has 4 rings (SSSR count). The van der Waals surface area contributed by atoms with Crippen molar-refractivity contribution in [2.24, 2.45) is 0 Å². The molecule has 0 aliphatic carbocycles. The van der Waals surface area contributed by atoms with Gasteiger partial charge in [-0.1, -0.05) is 0 Å². The summed E-state index contributed by atoms with van der Waals surface area (Å²) in [6, 6.07) is -1.46. The van der Waals surface area contributed by atoms with E-state index in [-0.39, 0.29) is 0 Å². The molecule has 0 aromatic rings. The monoisotopic (exact) mass is 675 g/mol. The summed E-state index contributed by atoms with van der Waals surface area (Å²) >= 11 is 0. The summed E-state index contributed by atoms with van der Waals surface area (Å²) in [5, 5.41) is 117. The lowest BCUT2D eigenvalue weighted by atomic mass is 9.95. The minimum atomic E-state index is -1.89. The van der Waals surface area contributed by atoms with Crippen LogP contribution in [0.2, 0.25) is 0 Å². The molecule has 0 radical (unpaired) electrons. The lowest BCUT2D eigenvalue weighted by Gasteiger charge is -2.49. The van der Waals surface area contributed by atoms with Crippen LogP contribution in [0.5, 0.6) is 0 Å². The summed E-state index contributed by atoms with van der Waals surface area (Å²) in [6.45, 7) is 2.28. The molecule has 1 unspecified atom stereocenters. The third kappa shape index (κ3) is 7.64. The quantitative estimate of drug-likeness (QED) is 0.108. The molecule has 0 bridgehead atoms. The van der Waals surface area contributed by atoms with E-state index in [0.29, 0.717) is 0 Å². The average molecular weight is 676 g/mol. The van der Waals surface area contributed by atoms with Crippen LogP contribution in [0, 0.1) is 0 Å². The number of carbonyl (C=O) groups is 1. The number of aliphatic hydroxyl groups excluding tert-OH is 11. The number of amides is 1. The summed E-state index contributed by atoms with van der Waals surface area (Å²) in [7, 11) is 0. The van der Waals surface area contributed by atoms with Gasteiger partial charge in [-0.25, -0.2) is 0 Å². The van der Waals surface area contributed by atoms with Crippen LogP contribution >= 0.6 is 0 Å². The molecule has 1 amide bonds. The maximum atomic E-state index is 11.9. The Kier molecular flexibility index (Phi) is 12.7. The third-order valence-electron chi connectivity index (χ3n) is 8.53. The number of rotatable bonds is 9. The Balaban J connectivity index is 1.61. The van der Waals surface area contributed by atoms with Crippen molar-refractivity contribution in [2.45, 2.75) is 144 Å². The van der Waals surface area contributed by atoms with E-state index >= 15 is 0 Å². The molecule has 0 spiro atoms. The summed E-state index contributed by atoms with van der Waals surface area (Å²) in [6.07, 6.45) is -31.1. The van der Waals surface area contributed by atoms with Crippen molar-refractivity contribution in [2.75, 3.05) is 13.2 Å². The molecular weight excluding hydrogens is 630 g/mol. The van der Waals surface area contributed by atoms with E-state index < -0.39 is 142 Å². The Morgan fingerprint density at radius 2 is 1.09 bits per heavy atom. The molecule has 4 aliphatic rings. The Hall–Kier alpha value is -1.25. The molecule has 4 aliphatic heterocycles. The van der Waals surface area contributed by atoms with Gasteiger partial charge in [0.25, 0.3) is 0 Å². The summed E-state index contributed by atoms with van der Waals surface area (Å²) in [5.41, 5.74) is 0. The lowest BCUT2D eigenvalue weighted by Crippen LogP contribution is -2.68. The van der Waals surface area contributed by atoms with E-state index in [2.05, 4.69) is 5.32 Å². The van der Waals surface area contributed by atoms with Gasteiger partial charge in [0.15, 0.2) is 25.2 Å². The highest BCUT2D eigenvalue weighted by atomic mass is 16.8. The van der Waals surface area contributed by atoms with Crippen molar-refractivity contribution in [1.82, 2.24) is 5.32 Å². The predicted octanol–water partition coefficient (Wildman–Crippen LogP) is -7.55. The van der Waals surface area contributed by atoms with Gasteiger partial charge in [0.05, 0.1) is 25.4 Å². The maximum Gasteiger partial charge on any atom is 0.217 e. The van der Waals surface area contributed by atoms with Crippen LogP contribution in [-0.2, 0) is 38.0 Å². The first-order chi connectivity index (χ1) is 21.6. The summed E-state index contributed by atoms with van der Waals surface area (Å²) in [5.74, 6) is -0.670. The zero-order valence-electron chi connectivity index (χ0n) is 25.1. The molecule has 4 saturated heterocycles. The van der Waals surface area contributed by atoms with Gasteiger partial charge in [-0.15, -0.1) is 0 Å². The highest BCUT2D eigenvalue weighted by molar-refractivity contribution is 5.73. The van der Waals surface area contributed by atoms with Crippen LogP contribution in [0.1, 0.15) is 20.8 Å². The van der Waals surface area contributed by atoms with Gasteiger partial charge in [0.1, 0.15) is 85.4 Å². The molecule has 268 valence electrons. The van der Waals surface area contributed by atoms with E-state index in [4.69, 9.17) is 33.2 Å². The molecule has 46 heavy (non-hydrogen) atoms. The number of nitrogens with one attached hydrogen (secondary N) is 1. The van der Waals surface area contributed by atoms with Crippen LogP contribution < -0.4 is 5.32 Å². The second kappa shape index (κ2) is 15.5. The summed E-state index contributed by atoms with van der Waals surface area (Å²) in [4.78, 5) is 11.9. The van der Waals surface area contributed by atoms with Gasteiger partial charge in [0.2, 0.25) is 5.91 Å². The highest BCUT2D eigenvalue weighted by Gasteiger charge is 2.55. The Morgan fingerprint density at radius 1 is 0.565 bits per heavy atom. The second-order valence-corrected chi connectivity index (χ2v) is 11.8. The average Bonchev–Trinajstić information content (AvgIpc) is 3.01. The van der Waals surface area contributed by atoms with Crippen LogP contribution in [0.3, 0.4) is 0 Å². The third-order valence-corrected chi connectivity index (χ3v) is 8.53. The Labute approximate surface area is 262 Å². The van der Waals surface area contributed by atoms with Crippen LogP contribution in [-0.4, -0.2) is 198 Å². The predicted molar refractivity (Wildman–Crippen MR) is 143 cm³/mol. The van der Waals surface area contributed by atoms with Crippen LogP contribution in [0.15, 0.2) is 0 Å². The van der Waals surface area contributed by atoms with Crippen molar-refractivity contribution in [3.8, 4) is 0 Å². The van der Waals surface area contributed by atoms with Crippen molar-refractivity contribution >= 4 is 5.91 Å². The van der Waals surface area contributed by atoms with Gasteiger partial charge < -0.3 is 94.6 Å². The van der Waals surface area contributed by atoms with E-state index in [1.54, 1.807) is 0 Å². The Bertz CT molecular complexity index is 995. The molecule has 20 atom stereocenters. The first-order valence-electron chi connectivity index (χ1n) is 14.8. The largest absolute Gasteiger partial charge is 0.394 e. The molecule has 20 nitrogen and oxygen atoms in total. The van der Waals surface area contributed by atoms with E-state index in [0.717, 1.165) is 6.92 Å². The molecular formula is C26H45NO19. The molecule has 20 heteroatoms. The van der Waals surface area contributed by atoms with E-state index in [9.17, 15) is 61.0 Å². The fourth-order valence-corrected chi connectivity index (χ4v) is 5.79. The van der Waals surface area contributed by atoms with Crippen molar-refractivity contribution in [3.05, 3.63) is 0 Å². The van der Waals surface area contributed by atoms with E-state index in [1.807, 2.05) is 0 Å². The van der Waals surface area contributed by atoms with Gasteiger partial charge in [0, 0.05) is 6.92 Å². The highest BCUT2D eigenvalue weighted by Crippen LogP contribution is 2.34. The Morgan fingerprint density at radius 3 is 1.67 bits per heavy atom. The number of hydrogen-bond donors (Lipinski definition) is 12.